The largest absolute Gasteiger partial charge is 0.480 e. The van der Waals surface area contributed by atoms with E-state index in [0.29, 0.717) is 38.6 Å². The second-order valence-electron chi connectivity index (χ2n) is 14.8. The summed E-state index contributed by atoms with van der Waals surface area (Å²) in [4.78, 5) is 36.2. The molecule has 0 aromatic carbocycles. The monoisotopic (exact) mass is 719 g/mol. The fourth-order valence-electron chi connectivity index (χ4n) is 6.47. The summed E-state index contributed by atoms with van der Waals surface area (Å²) in [6.07, 6.45) is 44.1. The van der Waals surface area contributed by atoms with E-state index in [1.54, 1.807) is 0 Å². The zero-order valence-corrected chi connectivity index (χ0v) is 33.5. The van der Waals surface area contributed by atoms with Crippen LogP contribution in [0.15, 0.2) is 24.3 Å². The van der Waals surface area contributed by atoms with E-state index in [4.69, 9.17) is 10.5 Å². The minimum absolute atomic E-state index is 0.104. The van der Waals surface area contributed by atoms with Crippen molar-refractivity contribution in [2.75, 3.05) is 6.54 Å². The average molecular weight is 719 g/mol. The molecule has 2 unspecified atom stereocenters. The topological polar surface area (TPSA) is 119 Å². The van der Waals surface area contributed by atoms with E-state index in [1.807, 2.05) is 6.08 Å². The van der Waals surface area contributed by atoms with Gasteiger partial charge >= 0.3 is 11.9 Å². The van der Waals surface area contributed by atoms with Crippen LogP contribution >= 0.6 is 0 Å². The molecule has 4 N–H and O–H groups in total. The van der Waals surface area contributed by atoms with Crippen molar-refractivity contribution in [3.63, 3.8) is 0 Å². The molecule has 2 atom stereocenters. The minimum atomic E-state index is -1.02. The predicted octanol–water partition coefficient (Wildman–Crippen LogP) is 12.1. The highest BCUT2D eigenvalue weighted by atomic mass is 16.5. The number of carboxylic acid groups (broad SMARTS) is 1. The van der Waals surface area contributed by atoms with Gasteiger partial charge < -0.3 is 20.9 Å². The first-order valence-corrected chi connectivity index (χ1v) is 21.7. The third-order valence-electron chi connectivity index (χ3n) is 9.73. The van der Waals surface area contributed by atoms with Gasteiger partial charge in [0, 0.05) is 12.8 Å². The molecule has 0 aliphatic rings. The molecule has 1 amide bonds. The first-order chi connectivity index (χ1) is 24.9. The molecule has 0 spiro atoms. The Morgan fingerprint density at radius 2 is 1.08 bits per heavy atom. The number of rotatable bonds is 39. The lowest BCUT2D eigenvalue weighted by Gasteiger charge is -2.15. The Bertz CT molecular complexity index is 858. The van der Waals surface area contributed by atoms with E-state index in [1.165, 1.54) is 116 Å². The Hall–Kier alpha value is -2.15. The molecule has 0 rings (SSSR count). The molecule has 0 aromatic rings. The summed E-state index contributed by atoms with van der Waals surface area (Å²) in [6.45, 7) is 4.85. The van der Waals surface area contributed by atoms with Crippen molar-refractivity contribution in [2.24, 2.45) is 5.73 Å². The van der Waals surface area contributed by atoms with Gasteiger partial charge in [-0.15, -0.1) is 0 Å². The molecule has 298 valence electrons. The number of nitrogens with one attached hydrogen (secondary N) is 1. The molecule has 0 saturated heterocycles. The van der Waals surface area contributed by atoms with Crippen molar-refractivity contribution in [3.8, 4) is 0 Å². The highest BCUT2D eigenvalue weighted by molar-refractivity contribution is 5.83. The summed E-state index contributed by atoms with van der Waals surface area (Å²) in [7, 11) is 0. The molecule has 0 aliphatic carbocycles. The van der Waals surface area contributed by atoms with Crippen LogP contribution in [0.3, 0.4) is 0 Å². The molecule has 0 saturated carbocycles. The molecule has 0 radical (unpaired) electrons. The molecule has 7 nitrogen and oxygen atoms in total. The number of nitrogens with two attached hydrogens (primary N) is 1. The number of carboxylic acids is 1. The number of carbonyl (C=O) groups excluding carboxylic acids is 2. The molecular weight excluding hydrogens is 636 g/mol. The van der Waals surface area contributed by atoms with Crippen molar-refractivity contribution in [1.82, 2.24) is 5.32 Å². The first-order valence-electron chi connectivity index (χ1n) is 21.7. The molecule has 0 aromatic heterocycles. The van der Waals surface area contributed by atoms with E-state index in [0.717, 1.165) is 57.8 Å². The normalized spacial score (nSPS) is 12.8. The maximum Gasteiger partial charge on any atom is 0.326 e. The van der Waals surface area contributed by atoms with Crippen molar-refractivity contribution >= 4 is 17.8 Å². The number of hydrogen-bond acceptors (Lipinski definition) is 5. The fourth-order valence-corrected chi connectivity index (χ4v) is 6.47. The van der Waals surface area contributed by atoms with Crippen molar-refractivity contribution in [3.05, 3.63) is 24.3 Å². The van der Waals surface area contributed by atoms with Crippen LogP contribution in [-0.4, -0.2) is 41.6 Å². The van der Waals surface area contributed by atoms with Crippen LogP contribution in [0.1, 0.15) is 219 Å². The zero-order valence-electron chi connectivity index (χ0n) is 33.5. The standard InChI is InChI=1S/C44H82N2O5/c1-3-5-7-9-11-12-13-14-15-16-17-18-19-20-21-22-23-24-26-32-38-43(48)51-40(34-29-25-10-8-6-4-2)35-30-27-28-31-37-42(47)46-41(44(49)50)36-33-39-45/h8,10,29,34,40-41H,3-7,9,11-28,30-33,35-39,45H2,1-2H3,(H,46,47)(H,49,50)/b10-8-,34-29-. The van der Waals surface area contributed by atoms with Gasteiger partial charge in [-0.05, 0) is 64.0 Å². The molecule has 0 bridgehead atoms. The number of carbonyl (C=O) groups is 3. The summed E-state index contributed by atoms with van der Waals surface area (Å²) >= 11 is 0. The minimum Gasteiger partial charge on any atom is -0.480 e. The van der Waals surface area contributed by atoms with Gasteiger partial charge in [0.15, 0.2) is 0 Å². The number of hydrogen-bond donors (Lipinski definition) is 3. The number of allylic oxidation sites excluding steroid dienone is 3. The number of amides is 1. The quantitative estimate of drug-likeness (QED) is 0.0331. The van der Waals surface area contributed by atoms with Crippen LogP contribution in [0, 0.1) is 0 Å². The Morgan fingerprint density at radius 1 is 0.588 bits per heavy atom. The number of aliphatic carboxylic acids is 1. The van der Waals surface area contributed by atoms with Crippen LogP contribution in [0.4, 0.5) is 0 Å². The maximum absolute atomic E-state index is 12.7. The number of unbranched alkanes of at least 4 members (excludes halogenated alkanes) is 23. The fraction of sp³-hybridized carbons (Fsp3) is 0.841. The molecule has 7 heteroatoms. The van der Waals surface area contributed by atoms with Crippen LogP contribution in [0.5, 0.6) is 0 Å². The second kappa shape index (κ2) is 39.1. The summed E-state index contributed by atoms with van der Waals surface area (Å²) in [5, 5.41) is 11.9. The highest BCUT2D eigenvalue weighted by Gasteiger charge is 2.19. The summed E-state index contributed by atoms with van der Waals surface area (Å²) in [6, 6.07) is -0.872. The Labute approximate surface area is 314 Å². The Balaban J connectivity index is 4.04. The van der Waals surface area contributed by atoms with E-state index in [-0.39, 0.29) is 18.0 Å². The molecular formula is C44H82N2O5. The second-order valence-corrected chi connectivity index (χ2v) is 14.8. The van der Waals surface area contributed by atoms with E-state index < -0.39 is 12.0 Å². The number of ether oxygens (including phenoxy) is 1. The third kappa shape index (κ3) is 36.0. The molecule has 0 aliphatic heterocycles. The molecule has 51 heavy (non-hydrogen) atoms. The maximum atomic E-state index is 12.7. The van der Waals surface area contributed by atoms with E-state index >= 15 is 0 Å². The number of esters is 1. The Morgan fingerprint density at radius 3 is 1.57 bits per heavy atom. The average Bonchev–Trinajstić information content (AvgIpc) is 3.11. The molecule has 0 fully saturated rings. The lowest BCUT2D eigenvalue weighted by atomic mass is 10.0. The Kier molecular flexibility index (Phi) is 37.4. The summed E-state index contributed by atoms with van der Waals surface area (Å²) < 4.78 is 5.88. The van der Waals surface area contributed by atoms with Crippen LogP contribution in [0.2, 0.25) is 0 Å². The third-order valence-corrected chi connectivity index (χ3v) is 9.73. The van der Waals surface area contributed by atoms with Gasteiger partial charge in [0.25, 0.3) is 0 Å². The summed E-state index contributed by atoms with van der Waals surface area (Å²) in [5.41, 5.74) is 5.47. The zero-order chi connectivity index (χ0) is 37.5. The van der Waals surface area contributed by atoms with Gasteiger partial charge in [0.05, 0.1) is 0 Å². The van der Waals surface area contributed by atoms with Crippen LogP contribution in [0.25, 0.3) is 0 Å². The lowest BCUT2D eigenvalue weighted by Crippen LogP contribution is -2.40. The van der Waals surface area contributed by atoms with Crippen LogP contribution < -0.4 is 11.1 Å². The van der Waals surface area contributed by atoms with E-state index in [2.05, 4.69) is 37.4 Å². The summed E-state index contributed by atoms with van der Waals surface area (Å²) in [5.74, 6) is -1.35. The van der Waals surface area contributed by atoms with Gasteiger partial charge in [-0.25, -0.2) is 4.79 Å². The van der Waals surface area contributed by atoms with Crippen molar-refractivity contribution in [2.45, 2.75) is 231 Å². The lowest BCUT2D eigenvalue weighted by molar-refractivity contribution is -0.147. The van der Waals surface area contributed by atoms with Gasteiger partial charge in [0.2, 0.25) is 5.91 Å². The van der Waals surface area contributed by atoms with Crippen molar-refractivity contribution < 1.29 is 24.2 Å². The SMILES string of the molecule is CCC/C=C\C/C=C\C(CCCCCCC(=O)NC(CCCN)C(=O)O)OC(=O)CCCCCCCCCCCCCCCCCCCCCC. The van der Waals surface area contributed by atoms with Gasteiger partial charge in [-0.3, -0.25) is 9.59 Å². The van der Waals surface area contributed by atoms with Crippen molar-refractivity contribution in [1.29, 1.82) is 0 Å². The first kappa shape index (κ1) is 48.9. The van der Waals surface area contributed by atoms with Gasteiger partial charge in [0.1, 0.15) is 12.1 Å². The molecule has 0 heterocycles. The predicted molar refractivity (Wildman–Crippen MR) is 216 cm³/mol. The van der Waals surface area contributed by atoms with Crippen LogP contribution in [-0.2, 0) is 19.1 Å². The van der Waals surface area contributed by atoms with Gasteiger partial charge in [-0.1, -0.05) is 173 Å². The van der Waals surface area contributed by atoms with E-state index in [9.17, 15) is 19.5 Å². The highest BCUT2D eigenvalue weighted by Crippen LogP contribution is 2.17. The van der Waals surface area contributed by atoms with Gasteiger partial charge in [-0.2, -0.15) is 0 Å². The smallest absolute Gasteiger partial charge is 0.326 e.